The zero-order valence-electron chi connectivity index (χ0n) is 59.9. The van der Waals surface area contributed by atoms with Crippen molar-refractivity contribution < 1.29 is 0 Å². The van der Waals surface area contributed by atoms with Crippen LogP contribution in [0.5, 0.6) is 0 Å². The molecule has 0 unspecified atom stereocenters. The number of aryl methyl sites for hydroxylation is 6. The van der Waals surface area contributed by atoms with Gasteiger partial charge in [-0.3, -0.25) is 9.97 Å². The minimum atomic E-state index is -0.0753. The zero-order valence-corrected chi connectivity index (χ0v) is 59.9. The molecular weight excluding hydrogens is 1110 g/mol. The van der Waals surface area contributed by atoms with Crippen molar-refractivity contribution in [3.8, 4) is 67.0 Å². The van der Waals surface area contributed by atoms with E-state index in [0.29, 0.717) is 0 Å². The van der Waals surface area contributed by atoms with Gasteiger partial charge in [-0.05, 0) is 181 Å². The molecule has 0 saturated heterocycles. The number of rotatable bonds is 42. The number of benzene rings is 5. The highest BCUT2D eigenvalue weighted by atomic mass is 14.8. The van der Waals surface area contributed by atoms with Crippen LogP contribution in [0.15, 0.2) is 97.3 Å². The van der Waals surface area contributed by atoms with Crippen molar-refractivity contribution in [3.05, 3.63) is 153 Å². The summed E-state index contributed by atoms with van der Waals surface area (Å²) in [5.74, 6) is 0. The molecule has 2 aliphatic carbocycles. The van der Waals surface area contributed by atoms with Gasteiger partial charge in [0, 0.05) is 34.4 Å². The molecule has 494 valence electrons. The Kier molecular flexibility index (Phi) is 27.4. The summed E-state index contributed by atoms with van der Waals surface area (Å²) in [5.41, 5.74) is 29.2. The molecule has 7 aromatic rings. The maximum absolute atomic E-state index is 5.17. The van der Waals surface area contributed by atoms with E-state index in [9.17, 15) is 0 Å². The summed E-state index contributed by atoms with van der Waals surface area (Å²) in [6.07, 6.45) is 52.2. The van der Waals surface area contributed by atoms with Gasteiger partial charge < -0.3 is 0 Å². The van der Waals surface area contributed by atoms with Crippen LogP contribution in [0.25, 0.3) is 67.0 Å². The van der Waals surface area contributed by atoms with E-state index < -0.39 is 0 Å². The first kappa shape index (κ1) is 70.6. The van der Waals surface area contributed by atoms with Crippen LogP contribution in [0.2, 0.25) is 0 Å². The Labute approximate surface area is 561 Å². The number of nitrogens with zero attached hydrogens (tertiary/aromatic N) is 4. The Morgan fingerprint density at radius 2 is 0.533 bits per heavy atom. The smallest absolute Gasteiger partial charge is 0.0917 e. The molecule has 0 radical (unpaired) electrons. The molecule has 0 atom stereocenters. The van der Waals surface area contributed by atoms with Gasteiger partial charge in [-0.2, -0.15) is 0 Å². The molecule has 4 nitrogen and oxygen atoms in total. The third-order valence-corrected chi connectivity index (χ3v) is 21.8. The summed E-state index contributed by atoms with van der Waals surface area (Å²) < 4.78 is 0. The third kappa shape index (κ3) is 17.2. The van der Waals surface area contributed by atoms with Gasteiger partial charge in [0.05, 0.1) is 34.2 Å². The van der Waals surface area contributed by atoms with E-state index in [0.717, 1.165) is 47.0 Å². The summed E-state index contributed by atoms with van der Waals surface area (Å²) in [7, 11) is 0. The summed E-state index contributed by atoms with van der Waals surface area (Å²) in [5, 5.41) is 0. The average Bonchev–Trinajstić information content (AvgIpc) is 1.56. The van der Waals surface area contributed by atoms with Crippen molar-refractivity contribution in [1.82, 2.24) is 19.9 Å². The average molecular weight is 1240 g/mol. The van der Waals surface area contributed by atoms with Crippen LogP contribution in [-0.2, 0) is 23.7 Å². The van der Waals surface area contributed by atoms with E-state index in [1.807, 2.05) is 12.4 Å². The molecule has 0 bridgehead atoms. The van der Waals surface area contributed by atoms with Crippen molar-refractivity contribution in [2.45, 2.75) is 324 Å². The maximum atomic E-state index is 5.17. The Morgan fingerprint density at radius 3 is 0.837 bits per heavy atom. The fourth-order valence-electron chi connectivity index (χ4n) is 16.5. The Balaban J connectivity index is 1.21. The Hall–Kier alpha value is -5.74. The topological polar surface area (TPSA) is 51.6 Å². The molecule has 2 aromatic heterocycles. The molecule has 0 amide bonds. The van der Waals surface area contributed by atoms with Crippen molar-refractivity contribution in [2.75, 3.05) is 0 Å². The molecule has 0 N–H and O–H groups in total. The van der Waals surface area contributed by atoms with Gasteiger partial charge in [0.25, 0.3) is 0 Å². The standard InChI is InChI=1S/C88H122N4/c1-11-17-23-29-33-39-53-87(54-40-34-30-24-18-12-2)81-59-71(45-49-75(81)77-51-47-73(61-83(77)87)85-67(9)89-63-65(7)91-85)79-57-70(44-38-28-22-16-6)80(58-69(79)43-37-27-21-15-5)72-46-50-76-78-52-48-74(86-68(10)90-64-66(8)92-86)62-84(78)88(82(76)60-72,55-41-35-31-25-19-13-3)56-42-36-32-26-20-14-4/h45-52,57-64H,11-44,53-56H2,1-10H3. The molecule has 2 heterocycles. The molecule has 2 aliphatic rings. The van der Waals surface area contributed by atoms with E-state index in [4.69, 9.17) is 19.9 Å². The summed E-state index contributed by atoms with van der Waals surface area (Å²) in [6, 6.07) is 36.1. The molecular formula is C88H122N4. The molecule has 9 rings (SSSR count). The molecule has 92 heavy (non-hydrogen) atoms. The number of unbranched alkanes of at least 4 members (excludes halogenated alkanes) is 26. The van der Waals surface area contributed by atoms with Gasteiger partial charge in [-0.25, -0.2) is 9.97 Å². The largest absolute Gasteiger partial charge is 0.257 e. The third-order valence-electron chi connectivity index (χ3n) is 21.8. The van der Waals surface area contributed by atoms with E-state index in [1.165, 1.54) is 309 Å². The predicted octanol–water partition coefficient (Wildman–Crippen LogP) is 26.9. The van der Waals surface area contributed by atoms with Crippen LogP contribution in [0, 0.1) is 27.7 Å². The quantitative estimate of drug-likeness (QED) is 0.0358. The lowest BCUT2D eigenvalue weighted by Gasteiger charge is -2.34. The summed E-state index contributed by atoms with van der Waals surface area (Å²) in [4.78, 5) is 20.1. The van der Waals surface area contributed by atoms with Crippen LogP contribution in [0.1, 0.15) is 329 Å². The molecule has 5 aromatic carbocycles. The highest BCUT2D eigenvalue weighted by Gasteiger charge is 2.45. The van der Waals surface area contributed by atoms with Crippen LogP contribution in [-0.4, -0.2) is 19.9 Å². The lowest BCUT2D eigenvalue weighted by atomic mass is 9.69. The van der Waals surface area contributed by atoms with E-state index in [-0.39, 0.29) is 10.8 Å². The fraction of sp³-hybridized carbons (Fsp3) is 0.568. The Bertz CT molecular complexity index is 3170. The van der Waals surface area contributed by atoms with Crippen molar-refractivity contribution >= 4 is 0 Å². The zero-order chi connectivity index (χ0) is 64.7. The number of aromatic nitrogens is 4. The highest BCUT2D eigenvalue weighted by Crippen LogP contribution is 2.58. The van der Waals surface area contributed by atoms with Gasteiger partial charge in [0.2, 0.25) is 0 Å². The molecule has 0 saturated carbocycles. The minimum absolute atomic E-state index is 0.0753. The SMILES string of the molecule is CCCCCCCCC1(CCCCCCCC)c2cc(-c3cc(CCCCCC)c(-c4ccc5c(c4)C(CCCCCCCC)(CCCCCCCC)c4cc(-c6nc(C)cnc6C)ccc4-5)cc3CCCCCC)ccc2-c2ccc(-c3nc(C)cnc3C)cc21. The normalized spacial score (nSPS) is 13.4. The molecule has 0 fully saturated rings. The van der Waals surface area contributed by atoms with Crippen LogP contribution in [0.3, 0.4) is 0 Å². The second kappa shape index (κ2) is 35.7. The first-order valence-corrected chi connectivity index (χ1v) is 38.4. The first-order valence-electron chi connectivity index (χ1n) is 38.4. The number of hydrogen-bond acceptors (Lipinski definition) is 4. The summed E-state index contributed by atoms with van der Waals surface area (Å²) >= 11 is 0. The van der Waals surface area contributed by atoms with Gasteiger partial charge in [0.1, 0.15) is 0 Å². The van der Waals surface area contributed by atoms with E-state index in [2.05, 4.69) is 154 Å². The van der Waals surface area contributed by atoms with Gasteiger partial charge in [-0.15, -0.1) is 0 Å². The second-order valence-electron chi connectivity index (χ2n) is 29.0. The molecule has 0 spiro atoms. The van der Waals surface area contributed by atoms with Crippen molar-refractivity contribution in [3.63, 3.8) is 0 Å². The lowest BCUT2D eigenvalue weighted by molar-refractivity contribution is 0.398. The van der Waals surface area contributed by atoms with Crippen LogP contribution < -0.4 is 0 Å². The van der Waals surface area contributed by atoms with Crippen LogP contribution in [0.4, 0.5) is 0 Å². The predicted molar refractivity (Wildman–Crippen MR) is 398 cm³/mol. The molecule has 4 heteroatoms. The lowest BCUT2D eigenvalue weighted by Crippen LogP contribution is -2.26. The van der Waals surface area contributed by atoms with E-state index in [1.54, 1.807) is 11.1 Å². The monoisotopic (exact) mass is 1230 g/mol. The fourth-order valence-corrected chi connectivity index (χ4v) is 16.5. The maximum Gasteiger partial charge on any atom is 0.0917 e. The number of hydrogen-bond donors (Lipinski definition) is 0. The molecule has 0 aliphatic heterocycles. The number of fused-ring (bicyclic) bond motifs is 6. The summed E-state index contributed by atoms with van der Waals surface area (Å²) in [6.45, 7) is 22.6. The van der Waals surface area contributed by atoms with E-state index >= 15 is 0 Å². The van der Waals surface area contributed by atoms with Gasteiger partial charge >= 0.3 is 0 Å². The highest BCUT2D eigenvalue weighted by molar-refractivity contribution is 5.89. The van der Waals surface area contributed by atoms with Gasteiger partial charge in [-0.1, -0.05) is 295 Å². The van der Waals surface area contributed by atoms with Crippen molar-refractivity contribution in [2.24, 2.45) is 0 Å². The van der Waals surface area contributed by atoms with Gasteiger partial charge in [0.15, 0.2) is 0 Å². The first-order chi connectivity index (χ1) is 45.0. The minimum Gasteiger partial charge on any atom is -0.257 e. The van der Waals surface area contributed by atoms with Crippen LogP contribution >= 0.6 is 0 Å². The van der Waals surface area contributed by atoms with Crippen molar-refractivity contribution in [1.29, 1.82) is 0 Å². The Morgan fingerprint density at radius 1 is 0.272 bits per heavy atom. The second-order valence-corrected chi connectivity index (χ2v) is 29.0.